The van der Waals surface area contributed by atoms with Crippen LogP contribution in [-0.2, 0) is 16.1 Å². The van der Waals surface area contributed by atoms with E-state index in [1.807, 2.05) is 47.4 Å². The first-order valence-corrected chi connectivity index (χ1v) is 10.1. The summed E-state index contributed by atoms with van der Waals surface area (Å²) in [7, 11) is 3.31. The van der Waals surface area contributed by atoms with E-state index in [1.165, 1.54) is 0 Å². The van der Waals surface area contributed by atoms with Crippen molar-refractivity contribution in [2.45, 2.75) is 25.5 Å². The van der Waals surface area contributed by atoms with E-state index in [2.05, 4.69) is 14.5 Å². The van der Waals surface area contributed by atoms with Crippen molar-refractivity contribution < 1.29 is 14.3 Å². The van der Waals surface area contributed by atoms with Crippen molar-refractivity contribution in [1.82, 2.24) is 19.4 Å². The molecule has 2 aromatic heterocycles. The van der Waals surface area contributed by atoms with Crippen LogP contribution in [0.15, 0.2) is 48.7 Å². The number of carbonyl (C=O) groups is 1. The first-order chi connectivity index (χ1) is 14.7. The predicted molar refractivity (Wildman–Crippen MR) is 115 cm³/mol. The second-order valence-corrected chi connectivity index (χ2v) is 7.34. The molecule has 7 nitrogen and oxygen atoms in total. The van der Waals surface area contributed by atoms with Crippen LogP contribution < -0.4 is 4.74 Å². The molecular weight excluding hydrogens is 380 g/mol. The van der Waals surface area contributed by atoms with Gasteiger partial charge in [0.2, 0.25) is 5.91 Å². The Morgan fingerprint density at radius 1 is 1.17 bits per heavy atom. The number of piperidine rings is 1. The molecule has 0 spiro atoms. The van der Waals surface area contributed by atoms with Crippen molar-refractivity contribution in [2.24, 2.45) is 0 Å². The summed E-state index contributed by atoms with van der Waals surface area (Å²) >= 11 is 0. The van der Waals surface area contributed by atoms with Gasteiger partial charge in [0.25, 0.3) is 0 Å². The first-order valence-electron chi connectivity index (χ1n) is 10.1. The number of benzene rings is 1. The molecule has 3 heterocycles. The molecule has 1 aliphatic heterocycles. The zero-order valence-electron chi connectivity index (χ0n) is 17.3. The van der Waals surface area contributed by atoms with E-state index in [9.17, 15) is 4.79 Å². The third-order valence-electron chi connectivity index (χ3n) is 5.47. The lowest BCUT2D eigenvalue weighted by Crippen LogP contribution is -2.38. The molecule has 3 aromatic rings. The van der Waals surface area contributed by atoms with Crippen molar-refractivity contribution in [3.63, 3.8) is 0 Å². The van der Waals surface area contributed by atoms with Gasteiger partial charge in [-0.2, -0.15) is 0 Å². The minimum Gasteiger partial charge on any atom is -0.497 e. The maximum absolute atomic E-state index is 12.6. The van der Waals surface area contributed by atoms with Gasteiger partial charge in [-0.1, -0.05) is 12.1 Å². The Labute approximate surface area is 175 Å². The molecule has 4 rings (SSSR count). The van der Waals surface area contributed by atoms with Gasteiger partial charge in [0.1, 0.15) is 23.7 Å². The SMILES string of the molecule is COCc1nc2cccnc2n1C1CCN(C(=O)C=Cc2ccc(OC)cc2)CC1. The van der Waals surface area contributed by atoms with Gasteiger partial charge in [-0.05, 0) is 48.7 Å². The van der Waals surface area contributed by atoms with Crippen molar-refractivity contribution >= 4 is 23.1 Å². The molecule has 0 atom stereocenters. The third kappa shape index (κ3) is 4.21. The maximum atomic E-state index is 12.6. The normalized spacial score (nSPS) is 15.2. The molecule has 1 aliphatic rings. The molecule has 0 saturated carbocycles. The zero-order chi connectivity index (χ0) is 20.9. The Hall–Kier alpha value is -3.19. The molecule has 7 heteroatoms. The number of fused-ring (bicyclic) bond motifs is 1. The summed E-state index contributed by atoms with van der Waals surface area (Å²) in [6.07, 6.45) is 7.01. The van der Waals surface area contributed by atoms with Crippen LogP contribution in [0.2, 0.25) is 0 Å². The van der Waals surface area contributed by atoms with Gasteiger partial charge >= 0.3 is 0 Å². The van der Waals surface area contributed by atoms with Crippen molar-refractivity contribution in [2.75, 3.05) is 27.3 Å². The second-order valence-electron chi connectivity index (χ2n) is 7.34. The lowest BCUT2D eigenvalue weighted by atomic mass is 10.0. The number of ether oxygens (including phenoxy) is 2. The molecule has 0 N–H and O–H groups in total. The van der Waals surface area contributed by atoms with Gasteiger partial charge in [0.15, 0.2) is 5.65 Å². The number of aromatic nitrogens is 3. The minimum atomic E-state index is 0.0370. The summed E-state index contributed by atoms with van der Waals surface area (Å²) in [6, 6.07) is 11.8. The van der Waals surface area contributed by atoms with Crippen LogP contribution >= 0.6 is 0 Å². The molecule has 1 fully saturated rings. The number of hydrogen-bond donors (Lipinski definition) is 0. The number of carbonyl (C=O) groups excluding carboxylic acids is 1. The average molecular weight is 406 g/mol. The molecule has 0 aliphatic carbocycles. The van der Waals surface area contributed by atoms with Crippen LogP contribution in [0.3, 0.4) is 0 Å². The van der Waals surface area contributed by atoms with Crippen LogP contribution in [0, 0.1) is 0 Å². The molecule has 1 amide bonds. The summed E-state index contributed by atoms with van der Waals surface area (Å²) < 4.78 is 12.7. The molecule has 156 valence electrons. The fourth-order valence-electron chi connectivity index (χ4n) is 3.92. The van der Waals surface area contributed by atoms with E-state index < -0.39 is 0 Å². The number of pyridine rings is 1. The monoisotopic (exact) mass is 406 g/mol. The fraction of sp³-hybridized carbons (Fsp3) is 0.348. The highest BCUT2D eigenvalue weighted by atomic mass is 16.5. The largest absolute Gasteiger partial charge is 0.497 e. The Morgan fingerprint density at radius 3 is 2.63 bits per heavy atom. The van der Waals surface area contributed by atoms with Crippen molar-refractivity contribution in [1.29, 1.82) is 0 Å². The van der Waals surface area contributed by atoms with E-state index in [0.29, 0.717) is 19.7 Å². The molecular formula is C23H26N4O3. The van der Waals surface area contributed by atoms with Crippen molar-refractivity contribution in [3.8, 4) is 5.75 Å². The standard InChI is InChI=1S/C23H26N4O3/c1-29-16-21-25-20-4-3-13-24-23(20)27(21)18-11-14-26(15-12-18)22(28)10-7-17-5-8-19(30-2)9-6-17/h3-10,13,18H,11-12,14-16H2,1-2H3. The highest BCUT2D eigenvalue weighted by Crippen LogP contribution is 2.28. The Balaban J connectivity index is 1.42. The van der Waals surface area contributed by atoms with E-state index >= 15 is 0 Å². The number of imidazole rings is 1. The van der Waals surface area contributed by atoms with Crippen LogP contribution in [0.4, 0.5) is 0 Å². The molecule has 0 bridgehead atoms. The van der Waals surface area contributed by atoms with Crippen molar-refractivity contribution in [3.05, 3.63) is 60.1 Å². The third-order valence-corrected chi connectivity index (χ3v) is 5.47. The number of likely N-dealkylation sites (tertiary alicyclic amines) is 1. The Kier molecular flexibility index (Phi) is 6.09. The van der Waals surface area contributed by atoms with Crippen LogP contribution in [-0.4, -0.2) is 52.7 Å². The van der Waals surface area contributed by atoms with E-state index in [0.717, 1.165) is 41.1 Å². The topological polar surface area (TPSA) is 69.5 Å². The van der Waals surface area contributed by atoms with Gasteiger partial charge in [-0.3, -0.25) is 4.79 Å². The summed E-state index contributed by atoms with van der Waals surface area (Å²) in [4.78, 5) is 23.7. The fourth-order valence-corrected chi connectivity index (χ4v) is 3.92. The van der Waals surface area contributed by atoms with E-state index in [1.54, 1.807) is 26.5 Å². The quantitative estimate of drug-likeness (QED) is 0.587. The Morgan fingerprint density at radius 2 is 1.93 bits per heavy atom. The molecule has 1 aromatic carbocycles. The zero-order valence-corrected chi connectivity index (χ0v) is 17.3. The van der Waals surface area contributed by atoms with E-state index in [-0.39, 0.29) is 11.9 Å². The minimum absolute atomic E-state index is 0.0370. The maximum Gasteiger partial charge on any atom is 0.246 e. The summed E-state index contributed by atoms with van der Waals surface area (Å²) in [6.45, 7) is 1.85. The van der Waals surface area contributed by atoms with Gasteiger partial charge in [0.05, 0.1) is 7.11 Å². The number of hydrogen-bond acceptors (Lipinski definition) is 5. The molecule has 0 unspecified atom stereocenters. The second kappa shape index (κ2) is 9.09. The van der Waals surface area contributed by atoms with Crippen LogP contribution in [0.5, 0.6) is 5.75 Å². The molecule has 1 saturated heterocycles. The predicted octanol–water partition coefficient (Wildman–Crippen LogP) is 3.46. The highest BCUT2D eigenvalue weighted by molar-refractivity contribution is 5.91. The Bertz CT molecular complexity index is 1030. The molecule has 0 radical (unpaired) electrons. The van der Waals surface area contributed by atoms with Crippen LogP contribution in [0.25, 0.3) is 17.2 Å². The van der Waals surface area contributed by atoms with Gasteiger partial charge in [0, 0.05) is 38.5 Å². The van der Waals surface area contributed by atoms with E-state index in [4.69, 9.17) is 9.47 Å². The highest BCUT2D eigenvalue weighted by Gasteiger charge is 2.26. The summed E-state index contributed by atoms with van der Waals surface area (Å²) in [5, 5.41) is 0. The lowest BCUT2D eigenvalue weighted by Gasteiger charge is -2.32. The first kappa shape index (κ1) is 20.1. The number of methoxy groups -OCH3 is 2. The number of nitrogens with zero attached hydrogens (tertiary/aromatic N) is 4. The number of amides is 1. The smallest absolute Gasteiger partial charge is 0.246 e. The summed E-state index contributed by atoms with van der Waals surface area (Å²) in [5.41, 5.74) is 2.73. The van der Waals surface area contributed by atoms with Crippen LogP contribution in [0.1, 0.15) is 30.3 Å². The number of rotatable bonds is 6. The van der Waals surface area contributed by atoms with Gasteiger partial charge in [-0.25, -0.2) is 9.97 Å². The van der Waals surface area contributed by atoms with Gasteiger partial charge in [-0.15, -0.1) is 0 Å². The van der Waals surface area contributed by atoms with Gasteiger partial charge < -0.3 is 18.9 Å². The average Bonchev–Trinajstić information content (AvgIpc) is 3.16. The summed E-state index contributed by atoms with van der Waals surface area (Å²) in [5.74, 6) is 1.72. The lowest BCUT2D eigenvalue weighted by molar-refractivity contribution is -0.127. The molecule has 30 heavy (non-hydrogen) atoms.